The zero-order valence-corrected chi connectivity index (χ0v) is 7.83. The number of hydrogen-bond donors (Lipinski definition) is 0. The number of nitro groups is 1. The maximum Gasteiger partial charge on any atom is 0.303 e. The Labute approximate surface area is 79.3 Å². The van der Waals surface area contributed by atoms with Gasteiger partial charge in [0.2, 0.25) is 6.20 Å². The van der Waals surface area contributed by atoms with Crippen LogP contribution in [-0.4, -0.2) is 4.92 Å². The summed E-state index contributed by atoms with van der Waals surface area (Å²) in [5.41, 5.74) is 0.384. The van der Waals surface area contributed by atoms with Crippen molar-refractivity contribution in [2.45, 2.75) is 13.8 Å². The molecule has 0 atom stereocenters. The topological polar surface area (TPSA) is 70.1 Å². The molecule has 1 aromatic heterocycles. The molecule has 0 aliphatic heterocycles. The van der Waals surface area contributed by atoms with E-state index in [0.29, 0.717) is 10.3 Å². The summed E-state index contributed by atoms with van der Waals surface area (Å²) in [6, 6.07) is 0. The lowest BCUT2D eigenvalue weighted by Gasteiger charge is -2.04. The maximum atomic E-state index is 11.0. The van der Waals surface area contributed by atoms with Gasteiger partial charge >= 0.3 is 5.69 Å². The van der Waals surface area contributed by atoms with Gasteiger partial charge in [-0.2, -0.15) is 4.73 Å². The number of nitrogens with zero attached hydrogens (tertiary/aromatic N) is 2. The first-order chi connectivity index (χ1) is 5.95. The van der Waals surface area contributed by atoms with Crippen molar-refractivity contribution in [3.8, 4) is 0 Å². The minimum Gasteiger partial charge on any atom is -0.618 e. The molecule has 0 fully saturated rings. The van der Waals surface area contributed by atoms with Gasteiger partial charge in [0.15, 0.2) is 10.7 Å². The average molecular weight is 203 g/mol. The van der Waals surface area contributed by atoms with Gasteiger partial charge in [-0.1, -0.05) is 11.6 Å². The first kappa shape index (κ1) is 9.73. The highest BCUT2D eigenvalue weighted by atomic mass is 35.5. The van der Waals surface area contributed by atoms with Crippen LogP contribution >= 0.6 is 11.6 Å². The molecule has 5 nitrogen and oxygen atoms in total. The number of hydrogen-bond acceptors (Lipinski definition) is 3. The Kier molecular flexibility index (Phi) is 2.38. The van der Waals surface area contributed by atoms with Crippen molar-refractivity contribution in [1.82, 2.24) is 0 Å². The van der Waals surface area contributed by atoms with E-state index >= 15 is 0 Å². The van der Waals surface area contributed by atoms with Gasteiger partial charge in [0.05, 0.1) is 10.5 Å². The molecule has 0 saturated carbocycles. The largest absolute Gasteiger partial charge is 0.618 e. The van der Waals surface area contributed by atoms with E-state index in [2.05, 4.69) is 0 Å². The predicted molar refractivity (Wildman–Crippen MR) is 46.5 cm³/mol. The molecule has 70 valence electrons. The Balaban J connectivity index is 3.53. The normalized spacial score (nSPS) is 10.1. The van der Waals surface area contributed by atoms with Crippen molar-refractivity contribution in [2.24, 2.45) is 0 Å². The average Bonchev–Trinajstić information content (AvgIpc) is 1.99. The standard InChI is InChI=1S/C7H7ClN2O3/c1-4-5(2)9(11)3-6(8)7(4)10(12)13/h3H,1-2H3. The van der Waals surface area contributed by atoms with Crippen LogP contribution in [0.3, 0.4) is 0 Å². The molecule has 0 N–H and O–H groups in total. The predicted octanol–water partition coefficient (Wildman–Crippen LogP) is 1.50. The Morgan fingerprint density at radius 3 is 2.54 bits per heavy atom. The van der Waals surface area contributed by atoms with Gasteiger partial charge < -0.3 is 5.21 Å². The number of halogens is 1. The molecular weight excluding hydrogens is 196 g/mol. The Hall–Kier alpha value is -1.36. The van der Waals surface area contributed by atoms with Crippen LogP contribution in [-0.2, 0) is 0 Å². The quantitative estimate of drug-likeness (QED) is 0.300. The van der Waals surface area contributed by atoms with E-state index in [0.717, 1.165) is 6.20 Å². The molecule has 13 heavy (non-hydrogen) atoms. The summed E-state index contributed by atoms with van der Waals surface area (Å²) in [6.45, 7) is 3.00. The lowest BCUT2D eigenvalue weighted by atomic mass is 10.2. The SMILES string of the molecule is Cc1c([N+](=O)[O-])c(Cl)c[n+]([O-])c1C. The molecule has 6 heteroatoms. The summed E-state index contributed by atoms with van der Waals surface area (Å²) < 4.78 is 0.519. The van der Waals surface area contributed by atoms with E-state index in [9.17, 15) is 15.3 Å². The van der Waals surface area contributed by atoms with Gasteiger partial charge in [-0.05, 0) is 6.92 Å². The van der Waals surface area contributed by atoms with Crippen LogP contribution in [0.25, 0.3) is 0 Å². The summed E-state index contributed by atoms with van der Waals surface area (Å²) in [5, 5.41) is 21.4. The molecule has 0 amide bonds. The Morgan fingerprint density at radius 1 is 1.54 bits per heavy atom. The van der Waals surface area contributed by atoms with E-state index in [1.165, 1.54) is 13.8 Å². The Bertz CT molecular complexity index is 378. The highest BCUT2D eigenvalue weighted by Gasteiger charge is 2.23. The molecule has 0 radical (unpaired) electrons. The van der Waals surface area contributed by atoms with E-state index in [1.54, 1.807) is 0 Å². The van der Waals surface area contributed by atoms with Crippen LogP contribution in [0.1, 0.15) is 11.3 Å². The smallest absolute Gasteiger partial charge is 0.303 e. The molecule has 1 heterocycles. The van der Waals surface area contributed by atoms with Crippen LogP contribution in [0.5, 0.6) is 0 Å². The van der Waals surface area contributed by atoms with Gasteiger partial charge in [0, 0.05) is 6.92 Å². The number of aromatic nitrogens is 1. The first-order valence-electron chi connectivity index (χ1n) is 3.48. The van der Waals surface area contributed by atoms with E-state index in [4.69, 9.17) is 11.6 Å². The highest BCUT2D eigenvalue weighted by Crippen LogP contribution is 2.27. The summed E-state index contributed by atoms with van der Waals surface area (Å²) in [7, 11) is 0. The van der Waals surface area contributed by atoms with Crippen LogP contribution in [0, 0.1) is 29.2 Å². The number of pyridine rings is 1. The molecule has 0 unspecified atom stereocenters. The molecule has 0 aliphatic rings. The third-order valence-corrected chi connectivity index (χ3v) is 2.14. The van der Waals surface area contributed by atoms with Crippen molar-refractivity contribution >= 4 is 17.3 Å². The molecule has 1 aromatic rings. The zero-order valence-electron chi connectivity index (χ0n) is 7.07. The number of rotatable bonds is 1. The third kappa shape index (κ3) is 1.55. The minimum atomic E-state index is -0.593. The van der Waals surface area contributed by atoms with Crippen molar-refractivity contribution in [2.75, 3.05) is 0 Å². The second-order valence-electron chi connectivity index (χ2n) is 2.62. The van der Waals surface area contributed by atoms with Gasteiger partial charge in [-0.25, -0.2) is 0 Å². The molecule has 0 spiro atoms. The van der Waals surface area contributed by atoms with Gasteiger partial charge in [-0.3, -0.25) is 10.1 Å². The molecule has 0 saturated heterocycles. The summed E-state index contributed by atoms with van der Waals surface area (Å²) in [5.74, 6) is 0. The van der Waals surface area contributed by atoms with Crippen molar-refractivity contribution < 1.29 is 9.65 Å². The van der Waals surface area contributed by atoms with Crippen molar-refractivity contribution in [1.29, 1.82) is 0 Å². The molecule has 0 aromatic carbocycles. The minimum absolute atomic E-state index is 0.136. The summed E-state index contributed by atoms with van der Waals surface area (Å²) >= 11 is 5.54. The van der Waals surface area contributed by atoms with E-state index in [-0.39, 0.29) is 16.4 Å². The molecular formula is C7H7ClN2O3. The van der Waals surface area contributed by atoms with Gasteiger partial charge in [0.25, 0.3) is 0 Å². The van der Waals surface area contributed by atoms with Gasteiger partial charge in [0.1, 0.15) is 0 Å². The lowest BCUT2D eigenvalue weighted by Crippen LogP contribution is -2.31. The lowest BCUT2D eigenvalue weighted by molar-refractivity contribution is -0.613. The van der Waals surface area contributed by atoms with Crippen molar-refractivity contribution in [3.63, 3.8) is 0 Å². The first-order valence-corrected chi connectivity index (χ1v) is 3.86. The van der Waals surface area contributed by atoms with E-state index < -0.39 is 4.92 Å². The second kappa shape index (κ2) is 3.18. The van der Waals surface area contributed by atoms with E-state index in [1.807, 2.05) is 0 Å². The molecule has 1 rings (SSSR count). The Morgan fingerprint density at radius 2 is 2.08 bits per heavy atom. The maximum absolute atomic E-state index is 11.0. The van der Waals surface area contributed by atoms with Crippen molar-refractivity contribution in [3.05, 3.63) is 37.8 Å². The zero-order chi connectivity index (χ0) is 10.2. The van der Waals surface area contributed by atoms with Crippen LogP contribution in [0.4, 0.5) is 5.69 Å². The fourth-order valence-corrected chi connectivity index (χ4v) is 1.30. The summed E-state index contributed by atoms with van der Waals surface area (Å²) in [6.07, 6.45) is 0.988. The molecule has 0 aliphatic carbocycles. The monoisotopic (exact) mass is 202 g/mol. The fraction of sp³-hybridized carbons (Fsp3) is 0.286. The summed E-state index contributed by atoms with van der Waals surface area (Å²) in [4.78, 5) is 9.92. The second-order valence-corrected chi connectivity index (χ2v) is 3.03. The molecule has 0 bridgehead atoms. The van der Waals surface area contributed by atoms with Crippen LogP contribution in [0.15, 0.2) is 6.20 Å². The third-order valence-electron chi connectivity index (χ3n) is 1.87. The van der Waals surface area contributed by atoms with Gasteiger partial charge in [-0.15, -0.1) is 0 Å². The highest BCUT2D eigenvalue weighted by molar-refractivity contribution is 6.32. The van der Waals surface area contributed by atoms with Crippen LogP contribution < -0.4 is 4.73 Å². The fourth-order valence-electron chi connectivity index (χ4n) is 1.00. The van der Waals surface area contributed by atoms with Crippen LogP contribution in [0.2, 0.25) is 5.02 Å².